The second kappa shape index (κ2) is 10.3. The number of hydrogen-bond donors (Lipinski definition) is 2. The van der Waals surface area contributed by atoms with E-state index in [4.69, 9.17) is 5.11 Å². The molecule has 1 aromatic heterocycles. The zero-order chi connectivity index (χ0) is 19.6. The van der Waals surface area contributed by atoms with Crippen molar-refractivity contribution in [2.24, 2.45) is 5.92 Å². The Morgan fingerprint density at radius 3 is 2.81 bits per heavy atom. The highest BCUT2D eigenvalue weighted by molar-refractivity contribution is 5.87. The van der Waals surface area contributed by atoms with Crippen LogP contribution in [0, 0.1) is 17.8 Å². The fourth-order valence-electron chi connectivity index (χ4n) is 3.24. The van der Waals surface area contributed by atoms with Crippen molar-refractivity contribution in [1.82, 2.24) is 15.2 Å². The highest BCUT2D eigenvalue weighted by atomic mass is 16.4. The van der Waals surface area contributed by atoms with Crippen molar-refractivity contribution in [2.45, 2.75) is 45.1 Å². The van der Waals surface area contributed by atoms with Crippen LogP contribution in [0.2, 0.25) is 0 Å². The molecule has 1 aromatic rings. The predicted octanol–water partition coefficient (Wildman–Crippen LogP) is 1.24. The first-order valence-corrected chi connectivity index (χ1v) is 9.10. The quantitative estimate of drug-likeness (QED) is 0.670. The highest BCUT2D eigenvalue weighted by Gasteiger charge is 2.29. The Bertz CT molecular complexity index is 724. The van der Waals surface area contributed by atoms with Crippen molar-refractivity contribution in [3.05, 3.63) is 30.1 Å². The minimum absolute atomic E-state index is 0.0122. The number of nitrogens with one attached hydrogen (secondary N) is 1. The first kappa shape index (κ1) is 20.4. The average molecular weight is 371 g/mol. The molecule has 0 bridgehead atoms. The molecule has 1 fully saturated rings. The van der Waals surface area contributed by atoms with Gasteiger partial charge in [-0.15, -0.1) is 5.92 Å². The zero-order valence-corrected chi connectivity index (χ0v) is 15.5. The van der Waals surface area contributed by atoms with E-state index in [1.807, 2.05) is 12.1 Å². The number of pyridine rings is 1. The smallest absolute Gasteiger partial charge is 0.306 e. The topological polar surface area (TPSA) is 99.6 Å². The lowest BCUT2D eigenvalue weighted by atomic mass is 9.91. The minimum Gasteiger partial charge on any atom is -0.481 e. The monoisotopic (exact) mass is 371 g/mol. The zero-order valence-electron chi connectivity index (χ0n) is 15.5. The van der Waals surface area contributed by atoms with E-state index in [2.05, 4.69) is 22.1 Å². The number of piperidine rings is 1. The number of aromatic nitrogens is 1. The Hall–Kier alpha value is -2.88. The van der Waals surface area contributed by atoms with E-state index in [0.29, 0.717) is 6.54 Å². The third-order valence-electron chi connectivity index (χ3n) is 4.54. The van der Waals surface area contributed by atoms with E-state index in [1.165, 1.54) is 0 Å². The fraction of sp³-hybridized carbons (Fsp3) is 0.500. The van der Waals surface area contributed by atoms with Gasteiger partial charge in [-0.1, -0.05) is 5.92 Å². The number of hydrogen-bond acceptors (Lipinski definition) is 4. The van der Waals surface area contributed by atoms with Gasteiger partial charge in [-0.2, -0.15) is 0 Å². The lowest BCUT2D eigenvalue weighted by Gasteiger charge is -2.32. The molecule has 7 nitrogen and oxygen atoms in total. The first-order valence-electron chi connectivity index (χ1n) is 9.10. The lowest BCUT2D eigenvalue weighted by Crippen LogP contribution is -2.48. The van der Waals surface area contributed by atoms with E-state index < -0.39 is 12.0 Å². The van der Waals surface area contributed by atoms with Crippen LogP contribution in [0.5, 0.6) is 0 Å². The summed E-state index contributed by atoms with van der Waals surface area (Å²) in [5, 5.41) is 11.5. The van der Waals surface area contributed by atoms with Crippen LogP contribution in [0.25, 0.3) is 0 Å². The summed E-state index contributed by atoms with van der Waals surface area (Å²) in [4.78, 5) is 41.3. The third kappa shape index (κ3) is 6.74. The SMILES string of the molecule is CC#C[C@@H](CC(=O)O)NC(=O)CN1CCC[C@@H](CCc2ccncc2)C1=O. The summed E-state index contributed by atoms with van der Waals surface area (Å²) in [6.07, 6.45) is 6.42. The molecule has 27 heavy (non-hydrogen) atoms. The molecule has 2 N–H and O–H groups in total. The Balaban J connectivity index is 1.87. The third-order valence-corrected chi connectivity index (χ3v) is 4.54. The van der Waals surface area contributed by atoms with E-state index in [0.717, 1.165) is 31.2 Å². The molecule has 0 aromatic carbocycles. The van der Waals surface area contributed by atoms with Crippen LogP contribution in [0.1, 0.15) is 38.2 Å². The molecular formula is C20H25N3O4. The van der Waals surface area contributed by atoms with Crippen molar-refractivity contribution >= 4 is 17.8 Å². The van der Waals surface area contributed by atoms with Gasteiger partial charge in [0.1, 0.15) is 6.04 Å². The maximum Gasteiger partial charge on any atom is 0.306 e. The molecule has 1 aliphatic heterocycles. The number of carbonyl (C=O) groups is 3. The minimum atomic E-state index is -1.03. The van der Waals surface area contributed by atoms with Crippen LogP contribution >= 0.6 is 0 Å². The van der Waals surface area contributed by atoms with Crippen molar-refractivity contribution in [1.29, 1.82) is 0 Å². The molecular weight excluding hydrogens is 346 g/mol. The maximum absolute atomic E-state index is 12.7. The Morgan fingerprint density at radius 1 is 1.41 bits per heavy atom. The van der Waals surface area contributed by atoms with Gasteiger partial charge in [0.25, 0.3) is 0 Å². The number of nitrogens with zero attached hydrogens (tertiary/aromatic N) is 2. The predicted molar refractivity (Wildman–Crippen MR) is 99.5 cm³/mol. The maximum atomic E-state index is 12.7. The van der Waals surface area contributed by atoms with Crippen LogP contribution in [0.15, 0.2) is 24.5 Å². The number of aryl methyl sites for hydroxylation is 1. The first-order chi connectivity index (χ1) is 13.0. The molecule has 0 radical (unpaired) electrons. The molecule has 2 amide bonds. The number of likely N-dealkylation sites (tertiary alicyclic amines) is 1. The van der Waals surface area contributed by atoms with Gasteiger partial charge in [-0.3, -0.25) is 19.4 Å². The van der Waals surface area contributed by atoms with Crippen LogP contribution < -0.4 is 5.32 Å². The van der Waals surface area contributed by atoms with Gasteiger partial charge in [0.15, 0.2) is 0 Å². The second-order valence-corrected chi connectivity index (χ2v) is 6.61. The molecule has 144 valence electrons. The van der Waals surface area contributed by atoms with E-state index in [-0.39, 0.29) is 30.7 Å². The summed E-state index contributed by atoms with van der Waals surface area (Å²) in [6.45, 7) is 2.07. The average Bonchev–Trinajstić information content (AvgIpc) is 2.63. The Labute approximate surface area is 159 Å². The highest BCUT2D eigenvalue weighted by Crippen LogP contribution is 2.22. The molecule has 0 unspecified atom stereocenters. The van der Waals surface area contributed by atoms with Gasteiger partial charge in [-0.25, -0.2) is 0 Å². The van der Waals surface area contributed by atoms with E-state index in [1.54, 1.807) is 24.2 Å². The van der Waals surface area contributed by atoms with Gasteiger partial charge in [0.2, 0.25) is 11.8 Å². The summed E-state index contributed by atoms with van der Waals surface area (Å²) in [5.74, 6) is 3.77. The van der Waals surface area contributed by atoms with Crippen LogP contribution in [-0.4, -0.2) is 51.9 Å². The number of rotatable bonds is 8. The molecule has 1 aliphatic rings. The number of amides is 2. The number of carbonyl (C=O) groups excluding carboxylic acids is 2. The second-order valence-electron chi connectivity index (χ2n) is 6.61. The Kier molecular flexibility index (Phi) is 7.80. The molecule has 2 atom stereocenters. The molecule has 2 heterocycles. The summed E-state index contributed by atoms with van der Waals surface area (Å²) in [6, 6.07) is 3.13. The summed E-state index contributed by atoms with van der Waals surface area (Å²) >= 11 is 0. The molecule has 0 aliphatic carbocycles. The van der Waals surface area contributed by atoms with Crippen molar-refractivity contribution in [3.8, 4) is 11.8 Å². The normalized spacial score (nSPS) is 17.6. The van der Waals surface area contributed by atoms with Crippen LogP contribution in [0.4, 0.5) is 0 Å². The van der Waals surface area contributed by atoms with E-state index in [9.17, 15) is 14.4 Å². The number of carboxylic acid groups (broad SMARTS) is 1. The summed E-state index contributed by atoms with van der Waals surface area (Å²) in [7, 11) is 0. The molecule has 1 saturated heterocycles. The van der Waals surface area contributed by atoms with Crippen molar-refractivity contribution in [3.63, 3.8) is 0 Å². The molecule has 2 rings (SSSR count). The summed E-state index contributed by atoms with van der Waals surface area (Å²) in [5.41, 5.74) is 1.14. The molecule has 7 heteroatoms. The van der Waals surface area contributed by atoms with Crippen molar-refractivity contribution < 1.29 is 19.5 Å². The fourth-order valence-corrected chi connectivity index (χ4v) is 3.24. The Morgan fingerprint density at radius 2 is 2.15 bits per heavy atom. The van der Waals surface area contributed by atoms with E-state index >= 15 is 0 Å². The van der Waals surface area contributed by atoms with Crippen LogP contribution in [-0.2, 0) is 20.8 Å². The lowest BCUT2D eigenvalue weighted by molar-refractivity contribution is -0.142. The van der Waals surface area contributed by atoms with Gasteiger partial charge in [-0.05, 0) is 50.3 Å². The molecule has 0 spiro atoms. The summed E-state index contributed by atoms with van der Waals surface area (Å²) < 4.78 is 0. The largest absolute Gasteiger partial charge is 0.481 e. The number of carboxylic acids is 1. The van der Waals surface area contributed by atoms with Gasteiger partial charge in [0, 0.05) is 24.9 Å². The van der Waals surface area contributed by atoms with Gasteiger partial charge >= 0.3 is 5.97 Å². The van der Waals surface area contributed by atoms with Gasteiger partial charge < -0.3 is 15.3 Å². The van der Waals surface area contributed by atoms with Gasteiger partial charge in [0.05, 0.1) is 13.0 Å². The molecule has 0 saturated carbocycles. The van der Waals surface area contributed by atoms with Crippen LogP contribution in [0.3, 0.4) is 0 Å². The number of aliphatic carboxylic acids is 1. The standard InChI is InChI=1S/C20H25N3O4/c1-2-4-17(13-19(25)26)22-18(24)14-23-12-3-5-16(20(23)27)7-6-15-8-10-21-11-9-15/h8-11,16-17H,3,5-7,12-14H2,1H3,(H,22,24)(H,25,26)/t16-,17-/m0/s1. The van der Waals surface area contributed by atoms with Crippen molar-refractivity contribution in [2.75, 3.05) is 13.1 Å².